The molecule has 20 heavy (non-hydrogen) atoms. The van der Waals surface area contributed by atoms with Gasteiger partial charge in [-0.15, -0.1) is 0 Å². The van der Waals surface area contributed by atoms with Crippen LogP contribution >= 0.6 is 0 Å². The molecule has 0 spiro atoms. The highest BCUT2D eigenvalue weighted by atomic mass is 16.3. The van der Waals surface area contributed by atoms with Gasteiger partial charge in [-0.2, -0.15) is 0 Å². The summed E-state index contributed by atoms with van der Waals surface area (Å²) < 4.78 is 0. The van der Waals surface area contributed by atoms with E-state index in [1.165, 1.54) is 24.2 Å². The van der Waals surface area contributed by atoms with Gasteiger partial charge in [-0.05, 0) is 25.1 Å². The van der Waals surface area contributed by atoms with Gasteiger partial charge in [0.05, 0.1) is 11.9 Å². The minimum absolute atomic E-state index is 0.455. The third-order valence-corrected chi connectivity index (χ3v) is 3.45. The summed E-state index contributed by atoms with van der Waals surface area (Å²) in [4.78, 5) is 28.7. The van der Waals surface area contributed by atoms with Crippen LogP contribution in [0.4, 0.5) is 11.4 Å². The molecule has 5 heteroatoms. The first kappa shape index (κ1) is 12.5. The Morgan fingerprint density at radius 1 is 1.35 bits per heavy atom. The lowest BCUT2D eigenvalue weighted by Crippen LogP contribution is -2.35. The molecule has 5 nitrogen and oxygen atoms in total. The van der Waals surface area contributed by atoms with E-state index in [-0.39, 0.29) is 0 Å². The van der Waals surface area contributed by atoms with Crippen molar-refractivity contribution in [3.05, 3.63) is 53.9 Å². The van der Waals surface area contributed by atoms with Crippen molar-refractivity contribution in [2.75, 3.05) is 4.90 Å². The molecule has 100 valence electrons. The fraction of sp³-hybridized carbons (Fsp3) is 0.133. The quantitative estimate of drug-likeness (QED) is 0.843. The molecule has 1 aromatic heterocycles. The van der Waals surface area contributed by atoms with Crippen LogP contribution in [0.5, 0.6) is 0 Å². The van der Waals surface area contributed by atoms with Crippen molar-refractivity contribution in [3.63, 3.8) is 0 Å². The number of amides is 1. The summed E-state index contributed by atoms with van der Waals surface area (Å²) >= 11 is 0. The molecular weight excluding hydrogens is 256 g/mol. The van der Waals surface area contributed by atoms with Crippen LogP contribution in [0.1, 0.15) is 22.8 Å². The number of nitrogens with zero attached hydrogens (tertiary/aromatic N) is 2. The molecule has 1 N–H and O–H groups in total. The largest absolute Gasteiger partial charge is 0.375 e. The number of anilines is 2. The van der Waals surface area contributed by atoms with Gasteiger partial charge in [0.2, 0.25) is 0 Å². The maximum absolute atomic E-state index is 12.4. The molecule has 0 radical (unpaired) electrons. The number of pyridine rings is 1. The number of carbonyl (C=O) groups excluding carboxylic acids is 2. The average Bonchev–Trinajstić information content (AvgIpc) is 2.67. The van der Waals surface area contributed by atoms with Crippen molar-refractivity contribution in [1.82, 2.24) is 4.98 Å². The predicted octanol–water partition coefficient (Wildman–Crippen LogP) is 1.78. The number of benzene rings is 1. The fourth-order valence-electron chi connectivity index (χ4n) is 2.41. The molecule has 1 atom stereocenters. The van der Waals surface area contributed by atoms with E-state index >= 15 is 0 Å². The molecule has 2 heterocycles. The van der Waals surface area contributed by atoms with Gasteiger partial charge in [0, 0.05) is 23.0 Å². The van der Waals surface area contributed by atoms with Crippen LogP contribution in [0, 0.1) is 0 Å². The highest BCUT2D eigenvalue weighted by Gasteiger charge is 2.46. The standard InChI is InChI=1S/C15H12N2O3/c1-15(20)12-5-6-16-8-13(12)17(14(15)19)11-4-2-3-10(7-11)9-18/h2-9,20H,1H3. The van der Waals surface area contributed by atoms with Gasteiger partial charge in [-0.1, -0.05) is 12.1 Å². The number of fused-ring (bicyclic) bond motifs is 1. The van der Waals surface area contributed by atoms with E-state index in [9.17, 15) is 14.7 Å². The summed E-state index contributed by atoms with van der Waals surface area (Å²) in [6.45, 7) is 1.46. The molecule has 0 saturated heterocycles. The highest BCUT2D eigenvalue weighted by Crippen LogP contribution is 2.43. The lowest BCUT2D eigenvalue weighted by Gasteiger charge is -2.19. The molecule has 0 fully saturated rings. The smallest absolute Gasteiger partial charge is 0.267 e. The van der Waals surface area contributed by atoms with Crippen molar-refractivity contribution in [2.45, 2.75) is 12.5 Å². The highest BCUT2D eigenvalue weighted by molar-refractivity contribution is 6.11. The molecule has 1 aromatic carbocycles. The van der Waals surface area contributed by atoms with Gasteiger partial charge in [-0.25, -0.2) is 0 Å². The number of aliphatic hydroxyl groups is 1. The van der Waals surface area contributed by atoms with Crippen LogP contribution in [0.25, 0.3) is 0 Å². The molecule has 1 aliphatic heterocycles. The summed E-state index contributed by atoms with van der Waals surface area (Å²) in [5.74, 6) is -0.455. The second-order valence-corrected chi connectivity index (χ2v) is 4.82. The first-order valence-electron chi connectivity index (χ1n) is 6.12. The Kier molecular flexibility index (Phi) is 2.65. The normalized spacial score (nSPS) is 20.9. The molecule has 1 amide bonds. The first-order valence-corrected chi connectivity index (χ1v) is 6.12. The number of carbonyl (C=O) groups is 2. The zero-order valence-corrected chi connectivity index (χ0v) is 10.8. The van der Waals surface area contributed by atoms with Gasteiger partial charge in [0.1, 0.15) is 6.29 Å². The fourth-order valence-corrected chi connectivity index (χ4v) is 2.41. The van der Waals surface area contributed by atoms with E-state index in [1.807, 2.05) is 0 Å². The Balaban J connectivity index is 2.19. The second-order valence-electron chi connectivity index (χ2n) is 4.82. The summed E-state index contributed by atoms with van der Waals surface area (Å²) in [5.41, 5.74) is 0.452. The molecule has 0 bridgehead atoms. The number of rotatable bonds is 2. The number of aldehydes is 1. The molecule has 1 unspecified atom stereocenters. The molecule has 0 saturated carbocycles. The second kappa shape index (κ2) is 4.25. The molecule has 2 aromatic rings. The van der Waals surface area contributed by atoms with Crippen LogP contribution in [-0.4, -0.2) is 22.3 Å². The summed E-state index contributed by atoms with van der Waals surface area (Å²) in [6, 6.07) is 8.28. The lowest BCUT2D eigenvalue weighted by molar-refractivity contribution is -0.133. The SMILES string of the molecule is CC1(O)C(=O)N(c2cccc(C=O)c2)c2cnccc21. The summed E-state index contributed by atoms with van der Waals surface area (Å²) in [7, 11) is 0. The van der Waals surface area contributed by atoms with Crippen LogP contribution < -0.4 is 4.90 Å². The lowest BCUT2D eigenvalue weighted by atomic mass is 9.99. The minimum Gasteiger partial charge on any atom is -0.375 e. The molecule has 3 rings (SSSR count). The van der Waals surface area contributed by atoms with Gasteiger partial charge < -0.3 is 5.11 Å². The van der Waals surface area contributed by atoms with E-state index in [1.54, 1.807) is 30.3 Å². The van der Waals surface area contributed by atoms with E-state index in [4.69, 9.17) is 0 Å². The summed E-state index contributed by atoms with van der Waals surface area (Å²) in [5, 5.41) is 10.4. The van der Waals surface area contributed by atoms with E-state index < -0.39 is 11.5 Å². The maximum atomic E-state index is 12.4. The van der Waals surface area contributed by atoms with E-state index in [0.717, 1.165) is 0 Å². The van der Waals surface area contributed by atoms with Crippen molar-refractivity contribution in [3.8, 4) is 0 Å². The van der Waals surface area contributed by atoms with Crippen molar-refractivity contribution >= 4 is 23.6 Å². The zero-order chi connectivity index (χ0) is 14.3. The van der Waals surface area contributed by atoms with Crippen molar-refractivity contribution in [1.29, 1.82) is 0 Å². The number of aromatic nitrogens is 1. The topological polar surface area (TPSA) is 70.5 Å². The van der Waals surface area contributed by atoms with Crippen LogP contribution in [0.15, 0.2) is 42.7 Å². The first-order chi connectivity index (χ1) is 9.55. The Morgan fingerprint density at radius 2 is 2.15 bits per heavy atom. The molecular formula is C15H12N2O3. The molecule has 0 aliphatic carbocycles. The van der Waals surface area contributed by atoms with Gasteiger partial charge in [0.25, 0.3) is 5.91 Å². The van der Waals surface area contributed by atoms with Gasteiger partial charge in [-0.3, -0.25) is 19.5 Å². The average molecular weight is 268 g/mol. The van der Waals surface area contributed by atoms with Crippen molar-refractivity contribution in [2.24, 2.45) is 0 Å². The number of hydrogen-bond donors (Lipinski definition) is 1. The molecule has 1 aliphatic rings. The van der Waals surface area contributed by atoms with E-state index in [2.05, 4.69) is 4.98 Å². The Morgan fingerprint density at radius 3 is 2.90 bits per heavy atom. The van der Waals surface area contributed by atoms with Crippen LogP contribution in [0.3, 0.4) is 0 Å². The Labute approximate surface area is 115 Å². The zero-order valence-electron chi connectivity index (χ0n) is 10.8. The third kappa shape index (κ3) is 1.64. The minimum atomic E-state index is -1.59. The summed E-state index contributed by atoms with van der Waals surface area (Å²) in [6.07, 6.45) is 3.78. The number of hydrogen-bond acceptors (Lipinski definition) is 4. The van der Waals surface area contributed by atoms with Gasteiger partial charge in [0.15, 0.2) is 5.60 Å². The van der Waals surface area contributed by atoms with E-state index in [0.29, 0.717) is 28.8 Å². The van der Waals surface area contributed by atoms with Crippen molar-refractivity contribution < 1.29 is 14.7 Å². The van der Waals surface area contributed by atoms with Crippen LogP contribution in [0.2, 0.25) is 0 Å². The Hall–Kier alpha value is -2.53. The third-order valence-electron chi connectivity index (χ3n) is 3.45. The van der Waals surface area contributed by atoms with Gasteiger partial charge >= 0.3 is 0 Å². The predicted molar refractivity (Wildman–Crippen MR) is 72.8 cm³/mol. The maximum Gasteiger partial charge on any atom is 0.267 e. The van der Waals surface area contributed by atoms with Crippen LogP contribution in [-0.2, 0) is 10.4 Å². The Bertz CT molecular complexity index is 710. The monoisotopic (exact) mass is 268 g/mol.